The third kappa shape index (κ3) is 3.51. The van der Waals surface area contributed by atoms with E-state index in [1.165, 1.54) is 12.6 Å². The van der Waals surface area contributed by atoms with Gasteiger partial charge < -0.3 is 9.73 Å². The molecule has 0 bridgehead atoms. The van der Waals surface area contributed by atoms with Crippen LogP contribution in [0.3, 0.4) is 0 Å². The number of furan rings is 1. The van der Waals surface area contributed by atoms with E-state index in [-0.39, 0.29) is 6.03 Å². The third-order valence-electron chi connectivity index (χ3n) is 3.51. The number of carbonyl (C=O) groups excluding carboxylic acids is 1. The minimum atomic E-state index is -0.389. The Morgan fingerprint density at radius 3 is 2.76 bits per heavy atom. The minimum Gasteiger partial charge on any atom is -0.460 e. The number of amides is 2. The Kier molecular flexibility index (Phi) is 3.73. The molecule has 108 valence electrons. The number of hydrogen-bond acceptors (Lipinski definition) is 3. The molecule has 5 nitrogen and oxygen atoms in total. The summed E-state index contributed by atoms with van der Waals surface area (Å²) in [5.74, 6) is 2.89. The number of nitrogens with one attached hydrogen (secondary N) is 2. The van der Waals surface area contributed by atoms with Gasteiger partial charge in [-0.1, -0.05) is 25.1 Å². The number of hydrazone groups is 1. The summed E-state index contributed by atoms with van der Waals surface area (Å²) in [6.45, 7) is 2.20. The predicted octanol–water partition coefficient (Wildman–Crippen LogP) is 3.56. The van der Waals surface area contributed by atoms with Crippen LogP contribution in [-0.2, 0) is 0 Å². The lowest BCUT2D eigenvalue weighted by Gasteiger charge is -2.02. The summed E-state index contributed by atoms with van der Waals surface area (Å²) in [5.41, 5.74) is 3.12. The Labute approximate surface area is 123 Å². The molecule has 1 saturated carbocycles. The van der Waals surface area contributed by atoms with Crippen LogP contribution in [0.15, 0.2) is 52.0 Å². The molecular weight excluding hydrogens is 266 g/mol. The highest BCUT2D eigenvalue weighted by Crippen LogP contribution is 2.47. The first-order valence-corrected chi connectivity index (χ1v) is 6.97. The van der Waals surface area contributed by atoms with Gasteiger partial charge in [-0.2, -0.15) is 5.10 Å². The molecule has 1 fully saturated rings. The lowest BCUT2D eigenvalue weighted by atomic mass is 10.3. The van der Waals surface area contributed by atoms with E-state index in [4.69, 9.17) is 4.42 Å². The van der Waals surface area contributed by atoms with Gasteiger partial charge >= 0.3 is 6.03 Å². The highest BCUT2D eigenvalue weighted by atomic mass is 16.3. The fourth-order valence-electron chi connectivity index (χ4n) is 2.19. The van der Waals surface area contributed by atoms with Gasteiger partial charge in [0.2, 0.25) is 0 Å². The molecule has 3 rings (SSSR count). The van der Waals surface area contributed by atoms with Crippen LogP contribution in [0.2, 0.25) is 0 Å². The molecule has 0 unspecified atom stereocenters. The minimum absolute atomic E-state index is 0.389. The van der Waals surface area contributed by atoms with Crippen LogP contribution in [0.4, 0.5) is 10.5 Å². The molecule has 1 aromatic heterocycles. The van der Waals surface area contributed by atoms with E-state index < -0.39 is 0 Å². The van der Waals surface area contributed by atoms with E-state index >= 15 is 0 Å². The molecule has 0 aliphatic heterocycles. The van der Waals surface area contributed by atoms with Crippen molar-refractivity contribution in [3.63, 3.8) is 0 Å². The summed E-state index contributed by atoms with van der Waals surface area (Å²) in [5, 5.41) is 6.54. The number of urea groups is 1. The van der Waals surface area contributed by atoms with E-state index in [1.54, 1.807) is 12.1 Å². The van der Waals surface area contributed by atoms with Crippen LogP contribution >= 0.6 is 0 Å². The lowest BCUT2D eigenvalue weighted by Crippen LogP contribution is -2.24. The van der Waals surface area contributed by atoms with Crippen molar-refractivity contribution in [1.82, 2.24) is 5.43 Å². The van der Waals surface area contributed by atoms with Gasteiger partial charge in [0, 0.05) is 11.6 Å². The molecule has 5 heteroatoms. The fraction of sp³-hybridized carbons (Fsp3) is 0.250. The van der Waals surface area contributed by atoms with Crippen molar-refractivity contribution in [3.8, 4) is 0 Å². The summed E-state index contributed by atoms with van der Waals surface area (Å²) >= 11 is 0. The molecule has 0 spiro atoms. The van der Waals surface area contributed by atoms with Crippen molar-refractivity contribution in [2.45, 2.75) is 19.3 Å². The maximum absolute atomic E-state index is 11.6. The highest BCUT2D eigenvalue weighted by Gasteiger charge is 2.36. The second kappa shape index (κ2) is 5.83. The predicted molar refractivity (Wildman–Crippen MR) is 81.4 cm³/mol. The second-order valence-corrected chi connectivity index (χ2v) is 5.25. The van der Waals surface area contributed by atoms with Gasteiger partial charge in [-0.25, -0.2) is 10.2 Å². The molecule has 2 atom stereocenters. The van der Waals surface area contributed by atoms with E-state index in [2.05, 4.69) is 22.8 Å². The molecule has 2 aromatic rings. The maximum atomic E-state index is 11.6. The lowest BCUT2D eigenvalue weighted by molar-refractivity contribution is 0.252. The van der Waals surface area contributed by atoms with E-state index in [1.807, 2.05) is 30.3 Å². The SMILES string of the molecule is C[C@H]1C[C@@H]1c1ccc(/C=N\NC(=O)Nc2ccccc2)o1. The van der Waals surface area contributed by atoms with Crippen molar-refractivity contribution in [2.75, 3.05) is 5.32 Å². The number of benzene rings is 1. The molecule has 21 heavy (non-hydrogen) atoms. The standard InChI is InChI=1S/C16H17N3O2/c1-11-9-14(11)15-8-7-13(21-15)10-17-19-16(20)18-12-5-3-2-4-6-12/h2-8,10-11,14H,9H2,1H3,(H2,18,19,20)/b17-10-/t11-,14-/m0/s1. The van der Waals surface area contributed by atoms with Gasteiger partial charge in [-0.15, -0.1) is 0 Å². The summed E-state index contributed by atoms with van der Waals surface area (Å²) < 4.78 is 5.66. The molecule has 1 aliphatic carbocycles. The number of para-hydroxylation sites is 1. The molecule has 2 N–H and O–H groups in total. The molecular formula is C16H17N3O2. The summed E-state index contributed by atoms with van der Waals surface area (Å²) in [4.78, 5) is 11.6. The van der Waals surface area contributed by atoms with Crippen LogP contribution in [0, 0.1) is 5.92 Å². The van der Waals surface area contributed by atoms with Crippen LogP contribution < -0.4 is 10.7 Å². The smallest absolute Gasteiger partial charge is 0.339 e. The number of anilines is 1. The van der Waals surface area contributed by atoms with Crippen molar-refractivity contribution >= 4 is 17.9 Å². The Hall–Kier alpha value is -2.56. The quantitative estimate of drug-likeness (QED) is 0.665. The first-order chi connectivity index (χ1) is 10.2. The van der Waals surface area contributed by atoms with Gasteiger partial charge in [-0.05, 0) is 36.6 Å². The second-order valence-electron chi connectivity index (χ2n) is 5.25. The van der Waals surface area contributed by atoms with Gasteiger partial charge in [0.25, 0.3) is 0 Å². The van der Waals surface area contributed by atoms with Crippen LogP contribution in [0.1, 0.15) is 30.8 Å². The molecule has 1 heterocycles. The van der Waals surface area contributed by atoms with Crippen LogP contribution in [0.5, 0.6) is 0 Å². The number of rotatable bonds is 4. The topological polar surface area (TPSA) is 66.6 Å². The van der Waals surface area contributed by atoms with Crippen LogP contribution in [-0.4, -0.2) is 12.2 Å². The largest absolute Gasteiger partial charge is 0.460 e. The monoisotopic (exact) mass is 283 g/mol. The normalized spacial score (nSPS) is 20.4. The Bertz CT molecular complexity index is 649. The summed E-state index contributed by atoms with van der Waals surface area (Å²) in [6, 6.07) is 12.6. The molecule has 0 radical (unpaired) electrons. The molecule has 2 amide bonds. The number of nitrogens with zero attached hydrogens (tertiary/aromatic N) is 1. The molecule has 0 saturated heterocycles. The summed E-state index contributed by atoms with van der Waals surface area (Å²) in [7, 11) is 0. The zero-order valence-electron chi connectivity index (χ0n) is 11.7. The third-order valence-corrected chi connectivity index (χ3v) is 3.51. The van der Waals surface area contributed by atoms with Gasteiger partial charge in [0.15, 0.2) is 0 Å². The number of carbonyl (C=O) groups is 1. The van der Waals surface area contributed by atoms with E-state index in [9.17, 15) is 4.79 Å². The number of hydrogen-bond donors (Lipinski definition) is 2. The van der Waals surface area contributed by atoms with Crippen LogP contribution in [0.25, 0.3) is 0 Å². The average molecular weight is 283 g/mol. The zero-order chi connectivity index (χ0) is 14.7. The average Bonchev–Trinajstić information content (AvgIpc) is 3.02. The fourth-order valence-corrected chi connectivity index (χ4v) is 2.19. The summed E-state index contributed by atoms with van der Waals surface area (Å²) in [6.07, 6.45) is 2.68. The van der Waals surface area contributed by atoms with E-state index in [0.717, 1.165) is 5.76 Å². The first kappa shape index (κ1) is 13.4. The van der Waals surface area contributed by atoms with Gasteiger partial charge in [-0.3, -0.25) is 0 Å². The molecule has 1 aromatic carbocycles. The van der Waals surface area contributed by atoms with Gasteiger partial charge in [0.1, 0.15) is 11.5 Å². The van der Waals surface area contributed by atoms with Crippen molar-refractivity contribution in [3.05, 3.63) is 54.0 Å². The highest BCUT2D eigenvalue weighted by molar-refractivity contribution is 5.89. The van der Waals surface area contributed by atoms with Crippen molar-refractivity contribution in [2.24, 2.45) is 11.0 Å². The van der Waals surface area contributed by atoms with Crippen molar-refractivity contribution in [1.29, 1.82) is 0 Å². The van der Waals surface area contributed by atoms with E-state index in [0.29, 0.717) is 23.3 Å². The maximum Gasteiger partial charge on any atom is 0.339 e. The Balaban J connectivity index is 1.50. The van der Waals surface area contributed by atoms with Gasteiger partial charge in [0.05, 0.1) is 6.21 Å². The zero-order valence-corrected chi connectivity index (χ0v) is 11.7. The Morgan fingerprint density at radius 1 is 1.29 bits per heavy atom. The first-order valence-electron chi connectivity index (χ1n) is 6.97. The van der Waals surface area contributed by atoms with Crippen molar-refractivity contribution < 1.29 is 9.21 Å². The molecule has 1 aliphatic rings. The Morgan fingerprint density at radius 2 is 2.05 bits per heavy atom.